The molecular formula is C51H86NO10P. The van der Waals surface area contributed by atoms with Crippen LogP contribution in [-0.4, -0.2) is 64.9 Å². The number of aliphatic carboxylic acids is 1. The highest BCUT2D eigenvalue weighted by Crippen LogP contribution is 2.43. The van der Waals surface area contributed by atoms with E-state index in [4.69, 9.17) is 13.8 Å². The first-order valence-corrected chi connectivity index (χ1v) is 25.6. The number of hydrogen-bond donors (Lipinski definition) is 4. The molecule has 11 nitrogen and oxygen atoms in total. The Balaban J connectivity index is 3.96. The molecule has 0 aliphatic carbocycles. The Morgan fingerprint density at radius 2 is 0.921 bits per heavy atom. The van der Waals surface area contributed by atoms with Crippen LogP contribution in [0.3, 0.4) is 0 Å². The normalized spacial score (nSPS) is 14.3. The maximum absolute atomic E-state index is 12.3. The summed E-state index contributed by atoms with van der Waals surface area (Å²) in [7, 11) is -4.78. The zero-order chi connectivity index (χ0) is 46.3. The Bertz CT molecular complexity index is 1390. The molecule has 1 amide bonds. The predicted molar refractivity (Wildman–Crippen MR) is 258 cm³/mol. The average Bonchev–Trinajstić information content (AvgIpc) is 3.26. The third kappa shape index (κ3) is 45.0. The number of aliphatic hydroxyl groups is 1. The first kappa shape index (κ1) is 59.7. The highest BCUT2D eigenvalue weighted by molar-refractivity contribution is 7.47. The van der Waals surface area contributed by atoms with Crippen molar-refractivity contribution in [1.29, 1.82) is 0 Å². The van der Waals surface area contributed by atoms with E-state index in [2.05, 4.69) is 92.1 Å². The summed E-state index contributed by atoms with van der Waals surface area (Å²) in [5.41, 5.74) is 0. The van der Waals surface area contributed by atoms with E-state index >= 15 is 0 Å². The molecule has 360 valence electrons. The first-order chi connectivity index (χ1) is 30.6. The van der Waals surface area contributed by atoms with Crippen molar-refractivity contribution in [3.05, 3.63) is 85.1 Å². The maximum Gasteiger partial charge on any atom is 0.472 e. The number of esters is 1. The summed E-state index contributed by atoms with van der Waals surface area (Å²) in [5.74, 6) is -2.44. The molecule has 0 aliphatic rings. The number of carboxylic acid groups (broad SMARTS) is 1. The van der Waals surface area contributed by atoms with Crippen molar-refractivity contribution in [2.45, 2.75) is 199 Å². The number of carboxylic acids is 1. The van der Waals surface area contributed by atoms with Crippen LogP contribution in [0.5, 0.6) is 0 Å². The lowest BCUT2D eigenvalue weighted by molar-refractivity contribution is -0.147. The first-order valence-electron chi connectivity index (χ1n) is 24.1. The summed E-state index contributed by atoms with van der Waals surface area (Å²) in [5, 5.41) is 21.9. The SMILES string of the molecule is CC/C=C\C/C=C\C/C=C\C/C=C\C/C=C\C/C=C\C/C=C\CCCC(=O)OCC(O)COP(=O)(O)OCC(NC(=O)CCCCCCCCCCCCCCCCCC)C(=O)O. The van der Waals surface area contributed by atoms with Gasteiger partial charge < -0.3 is 25.2 Å². The molecule has 3 unspecified atom stereocenters. The minimum absolute atomic E-state index is 0.140. The second kappa shape index (κ2) is 45.2. The van der Waals surface area contributed by atoms with Gasteiger partial charge in [0.15, 0.2) is 6.04 Å². The Morgan fingerprint density at radius 3 is 1.35 bits per heavy atom. The van der Waals surface area contributed by atoms with Crippen LogP contribution in [0.1, 0.15) is 187 Å². The van der Waals surface area contributed by atoms with Gasteiger partial charge in [-0.1, -0.05) is 195 Å². The molecule has 0 aliphatic heterocycles. The number of phosphoric acid groups is 1. The number of ether oxygens (including phenoxy) is 1. The Hall–Kier alpha value is -3.34. The van der Waals surface area contributed by atoms with Crippen LogP contribution >= 0.6 is 7.82 Å². The summed E-state index contributed by atoms with van der Waals surface area (Å²) in [6, 6.07) is -1.56. The van der Waals surface area contributed by atoms with E-state index in [9.17, 15) is 34.1 Å². The van der Waals surface area contributed by atoms with Gasteiger partial charge >= 0.3 is 19.8 Å². The van der Waals surface area contributed by atoms with E-state index < -0.39 is 57.6 Å². The zero-order valence-electron chi connectivity index (χ0n) is 39.1. The second-order valence-corrected chi connectivity index (χ2v) is 17.4. The number of amides is 1. The van der Waals surface area contributed by atoms with Gasteiger partial charge in [-0.05, 0) is 64.2 Å². The molecule has 0 heterocycles. The number of nitrogens with one attached hydrogen (secondary N) is 1. The lowest BCUT2D eigenvalue weighted by Crippen LogP contribution is -2.43. The van der Waals surface area contributed by atoms with Gasteiger partial charge in [0.2, 0.25) is 5.91 Å². The van der Waals surface area contributed by atoms with Crippen molar-refractivity contribution >= 4 is 25.7 Å². The molecule has 63 heavy (non-hydrogen) atoms. The zero-order valence-corrected chi connectivity index (χ0v) is 40.0. The molecule has 4 N–H and O–H groups in total. The minimum Gasteiger partial charge on any atom is -0.480 e. The maximum atomic E-state index is 12.3. The van der Waals surface area contributed by atoms with Gasteiger partial charge in [-0.25, -0.2) is 9.36 Å². The van der Waals surface area contributed by atoms with Crippen molar-refractivity contribution < 1.29 is 47.8 Å². The van der Waals surface area contributed by atoms with E-state index in [0.29, 0.717) is 19.3 Å². The summed E-state index contributed by atoms with van der Waals surface area (Å²) in [6.45, 7) is 2.43. The fraction of sp³-hybridized carbons (Fsp3) is 0.667. The standard InChI is InChI=1S/C51H86NO10P/c1-3-5-7-9-11-13-15-17-19-21-22-23-24-25-26-27-29-31-33-35-37-39-41-43-50(55)60-44-47(53)45-61-63(58,59)62-46-48(51(56)57)52-49(54)42-40-38-36-34-32-30-28-20-18-16-14-12-10-8-6-4-2/h5,7,11,13,17,19,22-23,25-26,29,31,35,37,47-48,53H,3-4,6,8-10,12,14-16,18,20-21,24,27-28,30,32-34,36,38-46H2,1-2H3,(H,52,54)(H,56,57)(H,58,59)/b7-5-,13-11-,19-17-,23-22-,26-25-,31-29-,37-35-. The molecule has 3 atom stereocenters. The molecule has 0 saturated carbocycles. The van der Waals surface area contributed by atoms with Crippen molar-refractivity contribution in [2.75, 3.05) is 19.8 Å². The van der Waals surface area contributed by atoms with E-state index in [1.54, 1.807) is 0 Å². The van der Waals surface area contributed by atoms with E-state index in [0.717, 1.165) is 64.2 Å². The number of unbranched alkanes of at least 4 members (excludes halogenated alkanes) is 16. The summed E-state index contributed by atoms with van der Waals surface area (Å²) < 4.78 is 26.8. The van der Waals surface area contributed by atoms with Crippen molar-refractivity contribution in [3.63, 3.8) is 0 Å². The number of rotatable bonds is 44. The van der Waals surface area contributed by atoms with Crippen LogP contribution < -0.4 is 5.32 Å². The third-order valence-corrected chi connectivity index (χ3v) is 10.9. The topological polar surface area (TPSA) is 169 Å². The number of hydrogen-bond acceptors (Lipinski definition) is 8. The lowest BCUT2D eigenvalue weighted by atomic mass is 10.0. The van der Waals surface area contributed by atoms with Gasteiger partial charge in [0.25, 0.3) is 0 Å². The van der Waals surface area contributed by atoms with Crippen molar-refractivity contribution in [1.82, 2.24) is 5.32 Å². The number of carbonyl (C=O) groups excluding carboxylic acids is 2. The Labute approximate surface area is 381 Å². The van der Waals surface area contributed by atoms with Crippen molar-refractivity contribution in [2.24, 2.45) is 0 Å². The summed E-state index contributed by atoms with van der Waals surface area (Å²) >= 11 is 0. The minimum atomic E-state index is -4.78. The molecule has 0 spiro atoms. The fourth-order valence-electron chi connectivity index (χ4n) is 6.25. The smallest absolute Gasteiger partial charge is 0.472 e. The monoisotopic (exact) mass is 904 g/mol. The molecule has 0 aromatic rings. The third-order valence-electron chi connectivity index (χ3n) is 9.95. The van der Waals surface area contributed by atoms with Gasteiger partial charge in [-0.2, -0.15) is 0 Å². The second-order valence-electron chi connectivity index (χ2n) is 15.9. The van der Waals surface area contributed by atoms with E-state index in [1.165, 1.54) is 77.0 Å². The summed E-state index contributed by atoms with van der Waals surface area (Å²) in [6.07, 6.45) is 56.1. The lowest BCUT2D eigenvalue weighted by Gasteiger charge is -2.18. The van der Waals surface area contributed by atoms with Gasteiger partial charge in [0.05, 0.1) is 13.2 Å². The van der Waals surface area contributed by atoms with Gasteiger partial charge in [0, 0.05) is 12.8 Å². The average molecular weight is 904 g/mol. The van der Waals surface area contributed by atoms with Gasteiger partial charge in [0.1, 0.15) is 12.7 Å². The van der Waals surface area contributed by atoms with Gasteiger partial charge in [-0.15, -0.1) is 0 Å². The fourth-order valence-corrected chi connectivity index (χ4v) is 7.02. The quantitative estimate of drug-likeness (QED) is 0.0200. The number of allylic oxidation sites excluding steroid dienone is 14. The molecule has 0 fully saturated rings. The molecule has 0 aromatic heterocycles. The van der Waals surface area contributed by atoms with E-state index in [1.807, 2.05) is 12.2 Å². The van der Waals surface area contributed by atoms with E-state index in [-0.39, 0.29) is 12.8 Å². The number of carbonyl (C=O) groups is 3. The highest BCUT2D eigenvalue weighted by atomic mass is 31.2. The van der Waals surface area contributed by atoms with Gasteiger partial charge in [-0.3, -0.25) is 18.6 Å². The number of aliphatic hydroxyl groups excluding tert-OH is 1. The molecule has 0 radical (unpaired) electrons. The Morgan fingerprint density at radius 1 is 0.524 bits per heavy atom. The number of phosphoric ester groups is 1. The largest absolute Gasteiger partial charge is 0.480 e. The van der Waals surface area contributed by atoms with Crippen LogP contribution in [-0.2, 0) is 32.7 Å². The molecule has 0 bridgehead atoms. The van der Waals surface area contributed by atoms with Crippen LogP contribution in [0.15, 0.2) is 85.1 Å². The predicted octanol–water partition coefficient (Wildman–Crippen LogP) is 13.1. The summed E-state index contributed by atoms with van der Waals surface area (Å²) in [4.78, 5) is 46.0. The molecule has 0 saturated heterocycles. The molecular weight excluding hydrogens is 818 g/mol. The molecule has 0 aromatic carbocycles. The molecule has 0 rings (SSSR count). The molecule has 12 heteroatoms. The van der Waals surface area contributed by atoms with Crippen LogP contribution in [0, 0.1) is 0 Å². The van der Waals surface area contributed by atoms with Crippen LogP contribution in [0.4, 0.5) is 0 Å². The van der Waals surface area contributed by atoms with Crippen LogP contribution in [0.25, 0.3) is 0 Å². The van der Waals surface area contributed by atoms with Crippen molar-refractivity contribution in [3.8, 4) is 0 Å². The highest BCUT2D eigenvalue weighted by Gasteiger charge is 2.28. The Kier molecular flexibility index (Phi) is 42.8. The van der Waals surface area contributed by atoms with Crippen LogP contribution in [0.2, 0.25) is 0 Å².